The second-order valence-corrected chi connectivity index (χ2v) is 10.0. The van der Waals surface area contributed by atoms with Gasteiger partial charge in [-0.15, -0.1) is 11.3 Å². The number of rotatable bonds is 5. The van der Waals surface area contributed by atoms with Crippen LogP contribution in [0.4, 0.5) is 10.1 Å². The van der Waals surface area contributed by atoms with Crippen LogP contribution in [0.15, 0.2) is 46.5 Å². The highest BCUT2D eigenvalue weighted by Gasteiger charge is 2.25. The molecule has 1 N–H and O–H groups in total. The van der Waals surface area contributed by atoms with Crippen molar-refractivity contribution < 1.29 is 14.2 Å². The van der Waals surface area contributed by atoms with Gasteiger partial charge in [0.2, 0.25) is 5.90 Å². The molecule has 4 rings (SSSR count). The van der Waals surface area contributed by atoms with Gasteiger partial charge in [-0.25, -0.2) is 24.3 Å². The molecule has 0 fully saturated rings. The number of aliphatic hydroxyl groups is 1. The molecule has 178 valence electrons. The van der Waals surface area contributed by atoms with E-state index in [0.717, 1.165) is 22.5 Å². The first-order chi connectivity index (χ1) is 16.0. The normalized spacial score (nSPS) is 16.4. The molecule has 0 saturated carbocycles. The summed E-state index contributed by atoms with van der Waals surface area (Å²) in [5, 5.41) is 13.7. The Morgan fingerprint density at radius 2 is 2.03 bits per heavy atom. The molecular formula is C24H25ClFN5O2S. The van der Waals surface area contributed by atoms with Crippen LogP contribution >= 0.6 is 22.9 Å². The molecule has 0 bridgehead atoms. The number of thiazole rings is 1. The fourth-order valence-corrected chi connectivity index (χ4v) is 4.28. The number of hydrogen-bond donors (Lipinski definition) is 1. The lowest BCUT2D eigenvalue weighted by Gasteiger charge is -2.31. The summed E-state index contributed by atoms with van der Waals surface area (Å²) in [4.78, 5) is 19.2. The monoisotopic (exact) mass is 501 g/mol. The summed E-state index contributed by atoms with van der Waals surface area (Å²) in [7, 11) is 0. The van der Waals surface area contributed by atoms with Gasteiger partial charge in [0, 0.05) is 22.7 Å². The standard InChI is InChI=1S/C24H25ClFN5O2S/c1-13-10-31(14(2)28-22(13)33-11-17-12-34-15(3)29-17)20-8-16(6-7-18(20)25)21-19(26)9-27-23(30-21)24(4,5)32/h6-10,12,14,32H,11H2,1-5H3. The SMILES string of the molecule is CC1=CN(c2cc(-c3nc(C(C)(C)O)ncc3F)ccc2Cl)C(C)N=C1OCc1csc(C)n1. The van der Waals surface area contributed by atoms with Crippen LogP contribution in [0.2, 0.25) is 5.02 Å². The van der Waals surface area contributed by atoms with Gasteiger partial charge in [-0.3, -0.25) is 0 Å². The average Bonchev–Trinajstić information content (AvgIpc) is 3.19. The molecule has 0 amide bonds. The predicted octanol–water partition coefficient (Wildman–Crippen LogP) is 5.61. The number of hydrogen-bond acceptors (Lipinski definition) is 8. The molecule has 7 nitrogen and oxygen atoms in total. The van der Waals surface area contributed by atoms with Crippen molar-refractivity contribution in [3.05, 3.63) is 68.9 Å². The largest absolute Gasteiger partial charge is 0.471 e. The number of anilines is 1. The molecule has 1 unspecified atom stereocenters. The first kappa shape index (κ1) is 24.3. The lowest BCUT2D eigenvalue weighted by Crippen LogP contribution is -2.33. The van der Waals surface area contributed by atoms with E-state index in [9.17, 15) is 9.50 Å². The molecule has 34 heavy (non-hydrogen) atoms. The lowest BCUT2D eigenvalue weighted by molar-refractivity contribution is 0.0686. The molecule has 1 aromatic carbocycles. The van der Waals surface area contributed by atoms with Crippen molar-refractivity contribution >= 4 is 34.5 Å². The number of halogens is 2. The maximum atomic E-state index is 14.6. The molecular weight excluding hydrogens is 477 g/mol. The predicted molar refractivity (Wildman–Crippen MR) is 132 cm³/mol. The molecule has 10 heteroatoms. The molecule has 1 aliphatic heterocycles. The first-order valence-electron chi connectivity index (χ1n) is 10.7. The minimum Gasteiger partial charge on any atom is -0.471 e. The Balaban J connectivity index is 1.62. The molecule has 0 radical (unpaired) electrons. The van der Waals surface area contributed by atoms with Crippen molar-refractivity contribution in [3.63, 3.8) is 0 Å². The number of aryl methyl sites for hydroxylation is 1. The number of benzene rings is 1. The summed E-state index contributed by atoms with van der Waals surface area (Å²) in [5.41, 5.74) is 1.62. The fourth-order valence-electron chi connectivity index (χ4n) is 3.47. The zero-order valence-corrected chi connectivity index (χ0v) is 21.1. The van der Waals surface area contributed by atoms with Crippen LogP contribution in [0.25, 0.3) is 11.3 Å². The lowest BCUT2D eigenvalue weighted by atomic mass is 10.1. The van der Waals surface area contributed by atoms with E-state index in [-0.39, 0.29) is 17.7 Å². The van der Waals surface area contributed by atoms with E-state index in [1.54, 1.807) is 43.4 Å². The molecule has 3 heterocycles. The summed E-state index contributed by atoms with van der Waals surface area (Å²) < 4.78 is 20.5. The van der Waals surface area contributed by atoms with E-state index in [2.05, 4.69) is 19.9 Å². The Morgan fingerprint density at radius 3 is 2.71 bits per heavy atom. The van der Waals surface area contributed by atoms with Crippen LogP contribution in [0.1, 0.15) is 44.2 Å². The zero-order chi connectivity index (χ0) is 24.6. The summed E-state index contributed by atoms with van der Waals surface area (Å²) in [6.07, 6.45) is 2.66. The van der Waals surface area contributed by atoms with E-state index in [0.29, 0.717) is 28.8 Å². The quantitative estimate of drug-likeness (QED) is 0.489. The summed E-state index contributed by atoms with van der Waals surface area (Å²) in [6.45, 7) is 9.21. The van der Waals surface area contributed by atoms with Crippen LogP contribution in [0.3, 0.4) is 0 Å². The zero-order valence-electron chi connectivity index (χ0n) is 19.5. The van der Waals surface area contributed by atoms with Crippen LogP contribution in [-0.4, -0.2) is 32.1 Å². The smallest absolute Gasteiger partial charge is 0.215 e. The maximum absolute atomic E-state index is 14.6. The minimum absolute atomic E-state index is 0.0847. The van der Waals surface area contributed by atoms with Gasteiger partial charge in [0.05, 0.1) is 27.6 Å². The van der Waals surface area contributed by atoms with Gasteiger partial charge in [0.15, 0.2) is 11.6 Å². The van der Waals surface area contributed by atoms with Crippen molar-refractivity contribution in [1.82, 2.24) is 15.0 Å². The molecule has 0 saturated heterocycles. The number of ether oxygens (including phenoxy) is 1. The van der Waals surface area contributed by atoms with E-state index in [4.69, 9.17) is 16.3 Å². The minimum atomic E-state index is -1.30. The van der Waals surface area contributed by atoms with Gasteiger partial charge >= 0.3 is 0 Å². The third kappa shape index (κ3) is 5.11. The van der Waals surface area contributed by atoms with Gasteiger partial charge in [0.1, 0.15) is 24.1 Å². The topological polar surface area (TPSA) is 83.7 Å². The fraction of sp³-hybridized carbons (Fsp3) is 0.333. The highest BCUT2D eigenvalue weighted by Crippen LogP contribution is 2.35. The Bertz CT molecular complexity index is 1280. The Hall–Kier alpha value is -2.88. The molecule has 0 spiro atoms. The number of aliphatic imine (C=N–C) groups is 1. The van der Waals surface area contributed by atoms with E-state index >= 15 is 0 Å². The molecule has 1 atom stereocenters. The van der Waals surface area contributed by atoms with Gasteiger partial charge in [0.25, 0.3) is 0 Å². The maximum Gasteiger partial charge on any atom is 0.215 e. The summed E-state index contributed by atoms with van der Waals surface area (Å²) in [6, 6.07) is 5.12. The van der Waals surface area contributed by atoms with Crippen molar-refractivity contribution in [2.45, 2.75) is 53.0 Å². The summed E-state index contributed by atoms with van der Waals surface area (Å²) in [5.74, 6) is 0.0770. The molecule has 1 aliphatic rings. The first-order valence-corrected chi connectivity index (χ1v) is 11.9. The van der Waals surface area contributed by atoms with Gasteiger partial charge in [-0.05, 0) is 46.8 Å². The second kappa shape index (κ2) is 9.40. The van der Waals surface area contributed by atoms with Gasteiger partial charge in [-0.1, -0.05) is 17.7 Å². The molecule has 2 aromatic heterocycles. The number of aromatic nitrogens is 3. The van der Waals surface area contributed by atoms with Crippen LogP contribution in [0, 0.1) is 12.7 Å². The van der Waals surface area contributed by atoms with Crippen molar-refractivity contribution in [2.24, 2.45) is 4.99 Å². The third-order valence-electron chi connectivity index (χ3n) is 5.19. The second-order valence-electron chi connectivity index (χ2n) is 8.55. The molecule has 3 aromatic rings. The van der Waals surface area contributed by atoms with E-state index in [1.807, 2.05) is 37.3 Å². The Kier molecular flexibility index (Phi) is 6.71. The van der Waals surface area contributed by atoms with Crippen molar-refractivity contribution in [2.75, 3.05) is 4.90 Å². The van der Waals surface area contributed by atoms with Crippen molar-refractivity contribution in [3.8, 4) is 11.3 Å². The van der Waals surface area contributed by atoms with Crippen LogP contribution < -0.4 is 4.90 Å². The number of nitrogens with zero attached hydrogens (tertiary/aromatic N) is 5. The van der Waals surface area contributed by atoms with Crippen LogP contribution in [0.5, 0.6) is 0 Å². The van der Waals surface area contributed by atoms with Gasteiger partial charge < -0.3 is 14.7 Å². The van der Waals surface area contributed by atoms with Crippen LogP contribution in [-0.2, 0) is 16.9 Å². The highest BCUT2D eigenvalue weighted by atomic mass is 35.5. The van der Waals surface area contributed by atoms with E-state index in [1.165, 1.54) is 0 Å². The third-order valence-corrected chi connectivity index (χ3v) is 6.33. The summed E-state index contributed by atoms with van der Waals surface area (Å²) >= 11 is 8.11. The average molecular weight is 502 g/mol. The van der Waals surface area contributed by atoms with E-state index < -0.39 is 11.4 Å². The Morgan fingerprint density at radius 1 is 1.26 bits per heavy atom. The molecule has 0 aliphatic carbocycles. The highest BCUT2D eigenvalue weighted by molar-refractivity contribution is 7.09. The Labute approximate surface area is 206 Å². The van der Waals surface area contributed by atoms with Crippen molar-refractivity contribution in [1.29, 1.82) is 0 Å². The van der Waals surface area contributed by atoms with Gasteiger partial charge in [-0.2, -0.15) is 0 Å².